The first-order valence-electron chi connectivity index (χ1n) is 7.24. The Morgan fingerprint density at radius 1 is 1.35 bits per heavy atom. The average molecular weight is 278 g/mol. The molecule has 0 heterocycles. The molecule has 0 saturated carbocycles. The average Bonchev–Trinajstić information content (AvgIpc) is 2.41. The molecule has 2 amide bonds. The second-order valence-corrected chi connectivity index (χ2v) is 5.43. The van der Waals surface area contributed by atoms with E-state index < -0.39 is 0 Å². The number of benzene rings is 1. The first-order chi connectivity index (χ1) is 9.45. The molecule has 3 N–H and O–H groups in total. The summed E-state index contributed by atoms with van der Waals surface area (Å²) in [5, 5.41) is 15.0. The van der Waals surface area contributed by atoms with Crippen LogP contribution in [0.25, 0.3) is 0 Å². The Balaban J connectivity index is 2.81. The molecule has 0 aliphatic heterocycles. The number of rotatable bonds is 6. The summed E-state index contributed by atoms with van der Waals surface area (Å²) in [6.07, 6.45) is 2.19. The van der Waals surface area contributed by atoms with Crippen LogP contribution in [0.3, 0.4) is 0 Å². The first kappa shape index (κ1) is 16.5. The fourth-order valence-electron chi connectivity index (χ4n) is 2.20. The number of carbonyl (C=O) groups is 1. The van der Waals surface area contributed by atoms with E-state index in [1.807, 2.05) is 39.0 Å². The molecule has 0 radical (unpaired) electrons. The lowest BCUT2D eigenvalue weighted by molar-refractivity contribution is 0.208. The van der Waals surface area contributed by atoms with Crippen LogP contribution in [-0.2, 0) is 6.42 Å². The van der Waals surface area contributed by atoms with E-state index in [0.717, 1.165) is 29.7 Å². The number of amides is 2. The van der Waals surface area contributed by atoms with Crippen molar-refractivity contribution in [2.75, 3.05) is 11.9 Å². The van der Waals surface area contributed by atoms with Gasteiger partial charge in [0.05, 0.1) is 0 Å². The lowest BCUT2D eigenvalue weighted by Crippen LogP contribution is -2.48. The zero-order valence-corrected chi connectivity index (χ0v) is 12.9. The van der Waals surface area contributed by atoms with E-state index in [1.165, 1.54) is 0 Å². The molecule has 112 valence electrons. The molecule has 0 aliphatic carbocycles. The Hall–Kier alpha value is -1.55. The predicted octanol–water partition coefficient (Wildman–Crippen LogP) is 3.23. The summed E-state index contributed by atoms with van der Waals surface area (Å²) >= 11 is 0. The Morgan fingerprint density at radius 2 is 2.05 bits per heavy atom. The molecule has 0 aliphatic rings. The van der Waals surface area contributed by atoms with Crippen molar-refractivity contribution < 1.29 is 9.90 Å². The molecule has 0 aromatic heterocycles. The van der Waals surface area contributed by atoms with Gasteiger partial charge >= 0.3 is 6.03 Å². The van der Waals surface area contributed by atoms with Crippen molar-refractivity contribution in [3.8, 4) is 0 Å². The van der Waals surface area contributed by atoms with Gasteiger partial charge in [0, 0.05) is 17.8 Å². The van der Waals surface area contributed by atoms with E-state index in [4.69, 9.17) is 5.11 Å². The van der Waals surface area contributed by atoms with Gasteiger partial charge in [0.15, 0.2) is 0 Å². The van der Waals surface area contributed by atoms with Crippen molar-refractivity contribution in [3.05, 3.63) is 29.3 Å². The van der Waals surface area contributed by atoms with Gasteiger partial charge in [-0.15, -0.1) is 0 Å². The number of nitrogens with one attached hydrogen (secondary N) is 2. The predicted molar refractivity (Wildman–Crippen MR) is 83.1 cm³/mol. The van der Waals surface area contributed by atoms with Gasteiger partial charge in [-0.05, 0) is 44.2 Å². The van der Waals surface area contributed by atoms with Crippen LogP contribution in [0.2, 0.25) is 0 Å². The van der Waals surface area contributed by atoms with Crippen LogP contribution in [0.4, 0.5) is 10.5 Å². The molecule has 1 atom stereocenters. The van der Waals surface area contributed by atoms with Gasteiger partial charge in [-0.25, -0.2) is 4.79 Å². The zero-order chi connectivity index (χ0) is 15.2. The van der Waals surface area contributed by atoms with E-state index in [2.05, 4.69) is 17.6 Å². The van der Waals surface area contributed by atoms with Crippen molar-refractivity contribution in [2.45, 2.75) is 52.5 Å². The Labute approximate surface area is 121 Å². The summed E-state index contributed by atoms with van der Waals surface area (Å²) in [5.41, 5.74) is 2.68. The number of carbonyl (C=O) groups excluding carboxylic acids is 1. The van der Waals surface area contributed by atoms with Gasteiger partial charge in [0.1, 0.15) is 0 Å². The summed E-state index contributed by atoms with van der Waals surface area (Å²) in [4.78, 5) is 12.2. The number of aryl methyl sites for hydroxylation is 2. The molecule has 4 heteroatoms. The van der Waals surface area contributed by atoms with Crippen LogP contribution in [0.15, 0.2) is 18.2 Å². The second kappa shape index (κ2) is 7.29. The smallest absolute Gasteiger partial charge is 0.319 e. The third kappa shape index (κ3) is 4.23. The third-order valence-corrected chi connectivity index (χ3v) is 3.84. The lowest BCUT2D eigenvalue weighted by atomic mass is 9.95. The van der Waals surface area contributed by atoms with Crippen LogP contribution in [-0.4, -0.2) is 23.3 Å². The molecule has 1 rings (SSSR count). The van der Waals surface area contributed by atoms with Crippen molar-refractivity contribution >= 4 is 11.7 Å². The Bertz CT molecular complexity index is 460. The highest BCUT2D eigenvalue weighted by Crippen LogP contribution is 2.21. The van der Waals surface area contributed by atoms with Gasteiger partial charge in [-0.1, -0.05) is 32.0 Å². The molecule has 0 saturated heterocycles. The molecule has 0 spiro atoms. The molecule has 20 heavy (non-hydrogen) atoms. The van der Waals surface area contributed by atoms with Crippen LogP contribution >= 0.6 is 0 Å². The lowest BCUT2D eigenvalue weighted by Gasteiger charge is -2.29. The molecule has 1 unspecified atom stereocenters. The quantitative estimate of drug-likeness (QED) is 0.748. The van der Waals surface area contributed by atoms with Crippen molar-refractivity contribution in [2.24, 2.45) is 0 Å². The van der Waals surface area contributed by atoms with Crippen LogP contribution in [0, 0.1) is 6.92 Å². The van der Waals surface area contributed by atoms with E-state index in [0.29, 0.717) is 6.42 Å². The minimum atomic E-state index is -0.381. The van der Waals surface area contributed by atoms with E-state index in [9.17, 15) is 4.79 Å². The number of aliphatic hydroxyl groups is 1. The van der Waals surface area contributed by atoms with Crippen molar-refractivity contribution in [3.63, 3.8) is 0 Å². The number of aliphatic hydroxyl groups excluding tert-OH is 1. The van der Waals surface area contributed by atoms with E-state index in [-0.39, 0.29) is 18.2 Å². The minimum absolute atomic E-state index is 0.0647. The highest BCUT2D eigenvalue weighted by atomic mass is 16.3. The highest BCUT2D eigenvalue weighted by molar-refractivity contribution is 5.91. The number of hydrogen-bond donors (Lipinski definition) is 3. The van der Waals surface area contributed by atoms with Gasteiger partial charge in [-0.3, -0.25) is 0 Å². The highest BCUT2D eigenvalue weighted by Gasteiger charge is 2.24. The number of hydrogen-bond acceptors (Lipinski definition) is 2. The number of anilines is 1. The maximum Gasteiger partial charge on any atom is 0.319 e. The summed E-state index contributed by atoms with van der Waals surface area (Å²) in [5.74, 6) is 0. The van der Waals surface area contributed by atoms with Gasteiger partial charge in [0.2, 0.25) is 0 Å². The standard InChI is InChI=1S/C16H26N2O2/c1-5-13-9-7-8-12(3)14(13)17-15(20)18-16(4,6-2)10-11-19/h7-9,19H,5-6,10-11H2,1-4H3,(H2,17,18,20). The molecular formula is C16H26N2O2. The van der Waals surface area contributed by atoms with Crippen LogP contribution in [0.5, 0.6) is 0 Å². The maximum absolute atomic E-state index is 12.2. The molecule has 4 nitrogen and oxygen atoms in total. The molecule has 0 bridgehead atoms. The van der Waals surface area contributed by atoms with Crippen molar-refractivity contribution in [1.82, 2.24) is 5.32 Å². The van der Waals surface area contributed by atoms with E-state index >= 15 is 0 Å². The van der Waals surface area contributed by atoms with Gasteiger partial charge in [-0.2, -0.15) is 0 Å². The van der Waals surface area contributed by atoms with Crippen LogP contribution in [0.1, 0.15) is 44.7 Å². The Kier molecular flexibility index (Phi) is 6.02. The second-order valence-electron chi connectivity index (χ2n) is 5.43. The largest absolute Gasteiger partial charge is 0.396 e. The summed E-state index contributed by atoms with van der Waals surface area (Å²) < 4.78 is 0. The SMILES string of the molecule is CCc1cccc(C)c1NC(=O)NC(C)(CC)CCO. The van der Waals surface area contributed by atoms with Crippen LogP contribution < -0.4 is 10.6 Å². The minimum Gasteiger partial charge on any atom is -0.396 e. The molecular weight excluding hydrogens is 252 g/mol. The monoisotopic (exact) mass is 278 g/mol. The van der Waals surface area contributed by atoms with E-state index in [1.54, 1.807) is 0 Å². The molecule has 1 aromatic carbocycles. The zero-order valence-electron chi connectivity index (χ0n) is 12.9. The fourth-order valence-corrected chi connectivity index (χ4v) is 2.20. The van der Waals surface area contributed by atoms with Gasteiger partial charge in [0.25, 0.3) is 0 Å². The fraction of sp³-hybridized carbons (Fsp3) is 0.562. The molecule has 0 fully saturated rings. The topological polar surface area (TPSA) is 61.4 Å². The maximum atomic E-state index is 12.2. The third-order valence-electron chi connectivity index (χ3n) is 3.84. The van der Waals surface area contributed by atoms with Gasteiger partial charge < -0.3 is 15.7 Å². The normalized spacial score (nSPS) is 13.7. The number of urea groups is 1. The Morgan fingerprint density at radius 3 is 2.60 bits per heavy atom. The molecule has 1 aromatic rings. The van der Waals surface area contributed by atoms with Crippen molar-refractivity contribution in [1.29, 1.82) is 0 Å². The summed E-state index contributed by atoms with van der Waals surface area (Å²) in [6, 6.07) is 5.79. The summed E-state index contributed by atoms with van der Waals surface area (Å²) in [6.45, 7) is 8.07. The first-order valence-corrected chi connectivity index (χ1v) is 7.24. The summed E-state index contributed by atoms with van der Waals surface area (Å²) in [7, 11) is 0. The number of para-hydroxylation sites is 1.